The number of ether oxygens (including phenoxy) is 1. The van der Waals surface area contributed by atoms with E-state index < -0.39 is 33.8 Å². The van der Waals surface area contributed by atoms with Crippen molar-refractivity contribution in [3.63, 3.8) is 0 Å². The van der Waals surface area contributed by atoms with Crippen molar-refractivity contribution >= 4 is 23.2 Å². The maximum absolute atomic E-state index is 14.2. The Morgan fingerprint density at radius 3 is 2.44 bits per heavy atom. The van der Waals surface area contributed by atoms with Crippen LogP contribution in [0.5, 0.6) is 0 Å². The SMILES string of the molecule is CCN(CC(=N)C(=N)c1cccc([N+](=O)[O-])c1F)C(=O)OC(C)(C)C. The van der Waals surface area contributed by atoms with Gasteiger partial charge in [-0.1, -0.05) is 6.07 Å². The van der Waals surface area contributed by atoms with Crippen molar-refractivity contribution in [2.45, 2.75) is 33.3 Å². The van der Waals surface area contributed by atoms with Crippen molar-refractivity contribution in [1.82, 2.24) is 4.90 Å². The van der Waals surface area contributed by atoms with Crippen molar-refractivity contribution in [2.75, 3.05) is 13.1 Å². The summed E-state index contributed by atoms with van der Waals surface area (Å²) < 4.78 is 19.4. The maximum Gasteiger partial charge on any atom is 0.410 e. The number of rotatable bonds is 6. The van der Waals surface area contributed by atoms with Crippen LogP contribution in [0.4, 0.5) is 14.9 Å². The molecule has 0 fully saturated rings. The fourth-order valence-corrected chi connectivity index (χ4v) is 1.92. The summed E-state index contributed by atoms with van der Waals surface area (Å²) in [4.78, 5) is 23.2. The van der Waals surface area contributed by atoms with Crippen LogP contribution in [0.3, 0.4) is 0 Å². The molecule has 0 heterocycles. The minimum Gasteiger partial charge on any atom is -0.444 e. The number of nitrogens with zero attached hydrogens (tertiary/aromatic N) is 2. The standard InChI is InChI=1S/C16H21FN4O4/c1-5-20(15(22)25-16(2,3)4)9-11(18)14(19)10-7-6-8-12(13(10)17)21(23)24/h6-8,18-19H,5,9H2,1-4H3. The third-order valence-electron chi connectivity index (χ3n) is 3.13. The molecule has 1 amide bonds. The number of carbonyl (C=O) groups is 1. The topological polar surface area (TPSA) is 120 Å². The second-order valence-electron chi connectivity index (χ2n) is 6.24. The first-order valence-electron chi connectivity index (χ1n) is 7.55. The lowest BCUT2D eigenvalue weighted by atomic mass is 10.0. The van der Waals surface area contributed by atoms with Gasteiger partial charge in [-0.3, -0.25) is 15.5 Å². The van der Waals surface area contributed by atoms with Crippen molar-refractivity contribution in [3.8, 4) is 0 Å². The molecule has 0 bridgehead atoms. The highest BCUT2D eigenvalue weighted by molar-refractivity contribution is 6.47. The maximum atomic E-state index is 14.2. The van der Waals surface area contributed by atoms with E-state index in [1.54, 1.807) is 27.7 Å². The molecular weight excluding hydrogens is 331 g/mol. The number of nitro groups is 1. The lowest BCUT2D eigenvalue weighted by Crippen LogP contribution is -2.41. The number of hydrogen-bond donors (Lipinski definition) is 2. The van der Waals surface area contributed by atoms with Crippen molar-refractivity contribution in [1.29, 1.82) is 10.8 Å². The Kier molecular flexibility index (Phi) is 6.32. The van der Waals surface area contributed by atoms with Crippen LogP contribution in [0.25, 0.3) is 0 Å². The fraction of sp³-hybridized carbons (Fsp3) is 0.438. The van der Waals surface area contributed by atoms with Gasteiger partial charge in [0.25, 0.3) is 0 Å². The molecule has 0 aromatic heterocycles. The first kappa shape index (κ1) is 20.2. The molecule has 0 radical (unpaired) electrons. The summed E-state index contributed by atoms with van der Waals surface area (Å²) in [5.74, 6) is -1.18. The zero-order valence-electron chi connectivity index (χ0n) is 14.6. The average Bonchev–Trinajstić information content (AvgIpc) is 2.49. The highest BCUT2D eigenvalue weighted by Crippen LogP contribution is 2.21. The molecule has 0 saturated heterocycles. The molecule has 1 aromatic rings. The van der Waals surface area contributed by atoms with Crippen LogP contribution < -0.4 is 0 Å². The van der Waals surface area contributed by atoms with Gasteiger partial charge in [0, 0.05) is 18.2 Å². The van der Waals surface area contributed by atoms with E-state index in [2.05, 4.69) is 0 Å². The van der Waals surface area contributed by atoms with E-state index in [4.69, 9.17) is 15.6 Å². The van der Waals surface area contributed by atoms with Gasteiger partial charge < -0.3 is 15.0 Å². The normalized spacial score (nSPS) is 10.9. The summed E-state index contributed by atoms with van der Waals surface area (Å²) in [6.45, 7) is 6.73. The van der Waals surface area contributed by atoms with Crippen LogP contribution in [0.1, 0.15) is 33.3 Å². The highest BCUT2D eigenvalue weighted by atomic mass is 19.1. The van der Waals surface area contributed by atoms with Gasteiger partial charge in [0.05, 0.1) is 22.9 Å². The molecule has 25 heavy (non-hydrogen) atoms. The molecule has 8 nitrogen and oxygen atoms in total. The number of nitrogens with one attached hydrogen (secondary N) is 2. The zero-order valence-corrected chi connectivity index (χ0v) is 14.6. The molecule has 0 atom stereocenters. The summed E-state index contributed by atoms with van der Waals surface area (Å²) in [6.07, 6.45) is -0.660. The molecule has 0 saturated carbocycles. The second kappa shape index (κ2) is 7.82. The lowest BCUT2D eigenvalue weighted by molar-refractivity contribution is -0.387. The van der Waals surface area contributed by atoms with Gasteiger partial charge in [-0.15, -0.1) is 0 Å². The van der Waals surface area contributed by atoms with Crippen LogP contribution in [0.2, 0.25) is 0 Å². The average molecular weight is 352 g/mol. The van der Waals surface area contributed by atoms with Gasteiger partial charge in [-0.25, -0.2) is 4.79 Å². The first-order valence-corrected chi connectivity index (χ1v) is 7.55. The van der Waals surface area contributed by atoms with Crippen LogP contribution >= 0.6 is 0 Å². The fourth-order valence-electron chi connectivity index (χ4n) is 1.92. The Morgan fingerprint density at radius 2 is 1.96 bits per heavy atom. The Morgan fingerprint density at radius 1 is 1.36 bits per heavy atom. The van der Waals surface area contributed by atoms with E-state index in [-0.39, 0.29) is 24.4 Å². The van der Waals surface area contributed by atoms with Crippen LogP contribution in [-0.4, -0.2) is 46.0 Å². The summed E-state index contributed by atoms with van der Waals surface area (Å²) >= 11 is 0. The number of benzene rings is 1. The van der Waals surface area contributed by atoms with E-state index in [0.29, 0.717) is 0 Å². The summed E-state index contributed by atoms with van der Waals surface area (Å²) in [6, 6.07) is 3.40. The Balaban J connectivity index is 2.96. The first-order chi connectivity index (χ1) is 11.5. The van der Waals surface area contributed by atoms with Gasteiger partial charge in [-0.2, -0.15) is 4.39 Å². The zero-order chi connectivity index (χ0) is 19.4. The van der Waals surface area contributed by atoms with Gasteiger partial charge in [0.15, 0.2) is 0 Å². The molecular formula is C16H21FN4O4. The van der Waals surface area contributed by atoms with E-state index in [0.717, 1.165) is 6.07 Å². The quantitative estimate of drug-likeness (QED) is 0.463. The molecule has 0 aliphatic carbocycles. The Hall–Kier alpha value is -2.84. The third kappa shape index (κ3) is 5.33. The predicted octanol–water partition coefficient (Wildman–Crippen LogP) is 3.38. The van der Waals surface area contributed by atoms with E-state index in [1.807, 2.05) is 0 Å². The molecule has 136 valence electrons. The van der Waals surface area contributed by atoms with E-state index in [1.165, 1.54) is 17.0 Å². The monoisotopic (exact) mass is 352 g/mol. The van der Waals surface area contributed by atoms with Crippen molar-refractivity contribution in [2.24, 2.45) is 0 Å². The summed E-state index contributed by atoms with van der Waals surface area (Å²) in [5.41, 5.74) is -2.73. The molecule has 9 heteroatoms. The Labute approximate surface area is 144 Å². The number of halogens is 1. The number of carbonyl (C=O) groups excluding carboxylic acids is 1. The van der Waals surface area contributed by atoms with Gasteiger partial charge >= 0.3 is 11.8 Å². The van der Waals surface area contributed by atoms with Crippen LogP contribution in [0, 0.1) is 26.8 Å². The summed E-state index contributed by atoms with van der Waals surface area (Å²) in [7, 11) is 0. The number of amides is 1. The van der Waals surface area contributed by atoms with Gasteiger partial charge in [0.2, 0.25) is 5.82 Å². The van der Waals surface area contributed by atoms with Gasteiger partial charge in [-0.05, 0) is 33.8 Å². The highest BCUT2D eigenvalue weighted by Gasteiger charge is 2.25. The van der Waals surface area contributed by atoms with Gasteiger partial charge in [0.1, 0.15) is 5.60 Å². The molecule has 0 aliphatic heterocycles. The summed E-state index contributed by atoms with van der Waals surface area (Å²) in [5, 5.41) is 26.7. The minimum atomic E-state index is -1.18. The van der Waals surface area contributed by atoms with Crippen LogP contribution in [-0.2, 0) is 4.74 Å². The number of hydrogen-bond acceptors (Lipinski definition) is 6. The molecule has 1 aromatic carbocycles. The molecule has 0 aliphatic rings. The minimum absolute atomic E-state index is 0.224. The van der Waals surface area contributed by atoms with Crippen LogP contribution in [0.15, 0.2) is 18.2 Å². The predicted molar refractivity (Wildman–Crippen MR) is 91.1 cm³/mol. The van der Waals surface area contributed by atoms with Crippen molar-refractivity contribution < 1.29 is 18.8 Å². The molecule has 0 spiro atoms. The van der Waals surface area contributed by atoms with E-state index in [9.17, 15) is 19.3 Å². The lowest BCUT2D eigenvalue weighted by Gasteiger charge is -2.26. The molecule has 1 rings (SSSR count). The largest absolute Gasteiger partial charge is 0.444 e. The second-order valence-corrected chi connectivity index (χ2v) is 6.24. The molecule has 2 N–H and O–H groups in total. The third-order valence-corrected chi connectivity index (χ3v) is 3.13. The smallest absolute Gasteiger partial charge is 0.410 e. The molecule has 0 unspecified atom stereocenters. The Bertz CT molecular complexity index is 713. The number of nitro benzene ring substituents is 1. The van der Waals surface area contributed by atoms with E-state index >= 15 is 0 Å². The van der Waals surface area contributed by atoms with Crippen molar-refractivity contribution in [3.05, 3.63) is 39.7 Å².